The number of hydrogen-bond acceptors (Lipinski definition) is 3. The Labute approximate surface area is 152 Å². The average Bonchev–Trinajstić information content (AvgIpc) is 2.61. The van der Waals surface area contributed by atoms with Gasteiger partial charge in [-0.15, -0.1) is 0 Å². The fraction of sp³-hybridized carbons (Fsp3) is 0.150. The van der Waals surface area contributed by atoms with Crippen LogP contribution in [0, 0.1) is 5.82 Å². The van der Waals surface area contributed by atoms with E-state index in [-0.39, 0.29) is 22.1 Å². The Hall–Kier alpha value is -3.09. The highest BCUT2D eigenvalue weighted by Gasteiger charge is 2.34. The van der Waals surface area contributed by atoms with Gasteiger partial charge in [0.05, 0.1) is 17.7 Å². The predicted octanol–water partition coefficient (Wildman–Crippen LogP) is 5.62. The van der Waals surface area contributed by atoms with Crippen molar-refractivity contribution in [2.24, 2.45) is 0 Å². The zero-order valence-corrected chi connectivity index (χ0v) is 14.1. The van der Waals surface area contributed by atoms with Crippen molar-refractivity contribution in [3.63, 3.8) is 0 Å². The second-order valence-corrected chi connectivity index (χ2v) is 5.65. The van der Waals surface area contributed by atoms with Crippen molar-refractivity contribution in [2.75, 3.05) is 6.61 Å². The number of carbonyl (C=O) groups is 1. The first-order valence-electron chi connectivity index (χ1n) is 8.04. The fourth-order valence-corrected chi connectivity index (χ4v) is 2.57. The Balaban J connectivity index is 1.84. The third kappa shape index (κ3) is 4.02. The van der Waals surface area contributed by atoms with Crippen LogP contribution in [0.1, 0.15) is 22.8 Å². The summed E-state index contributed by atoms with van der Waals surface area (Å²) in [4.78, 5) is 12.2. The Morgan fingerprint density at radius 3 is 2.26 bits per heavy atom. The largest absolute Gasteiger partial charge is 0.494 e. The maximum atomic E-state index is 14.1. The predicted molar refractivity (Wildman–Crippen MR) is 91.5 cm³/mol. The molecule has 3 aromatic rings. The van der Waals surface area contributed by atoms with Gasteiger partial charge in [-0.05, 0) is 60.8 Å². The minimum absolute atomic E-state index is 0.0977. The minimum Gasteiger partial charge on any atom is -0.494 e. The summed E-state index contributed by atoms with van der Waals surface area (Å²) in [6.07, 6.45) is -4.78. The van der Waals surface area contributed by atoms with Crippen molar-refractivity contribution in [1.29, 1.82) is 0 Å². The van der Waals surface area contributed by atoms with Gasteiger partial charge in [0.25, 0.3) is 0 Å². The van der Waals surface area contributed by atoms with Crippen molar-refractivity contribution >= 4 is 16.7 Å². The Kier molecular flexibility index (Phi) is 5.03. The van der Waals surface area contributed by atoms with Crippen molar-refractivity contribution < 1.29 is 31.8 Å². The molecule has 0 N–H and O–H groups in total. The summed E-state index contributed by atoms with van der Waals surface area (Å²) in [6, 6.07) is 11.8. The fourth-order valence-electron chi connectivity index (χ4n) is 2.57. The number of benzene rings is 3. The van der Waals surface area contributed by atoms with Gasteiger partial charge < -0.3 is 9.47 Å². The van der Waals surface area contributed by atoms with E-state index in [1.54, 1.807) is 12.1 Å². The van der Waals surface area contributed by atoms with Crippen LogP contribution in [0.2, 0.25) is 0 Å². The molecule has 0 saturated carbocycles. The number of halogens is 4. The lowest BCUT2D eigenvalue weighted by Crippen LogP contribution is -2.09. The van der Waals surface area contributed by atoms with Crippen LogP contribution >= 0.6 is 0 Å². The second kappa shape index (κ2) is 7.26. The van der Waals surface area contributed by atoms with Crippen LogP contribution < -0.4 is 9.47 Å². The molecule has 0 unspecified atom stereocenters. The van der Waals surface area contributed by atoms with E-state index in [9.17, 15) is 22.4 Å². The Bertz CT molecular complexity index is 979. The molecular formula is C20H14F4O3. The van der Waals surface area contributed by atoms with E-state index in [0.29, 0.717) is 18.4 Å². The van der Waals surface area contributed by atoms with Crippen LogP contribution in [0.15, 0.2) is 54.6 Å². The van der Waals surface area contributed by atoms with Gasteiger partial charge in [0.1, 0.15) is 17.3 Å². The number of fused-ring (bicyclic) bond motifs is 1. The van der Waals surface area contributed by atoms with E-state index in [1.807, 2.05) is 6.92 Å². The normalized spacial score (nSPS) is 11.4. The van der Waals surface area contributed by atoms with Crippen molar-refractivity contribution in [3.8, 4) is 11.5 Å². The number of hydrogen-bond donors (Lipinski definition) is 0. The van der Waals surface area contributed by atoms with Gasteiger partial charge in [-0.3, -0.25) is 0 Å². The molecule has 0 aliphatic carbocycles. The molecule has 0 fully saturated rings. The molecule has 27 heavy (non-hydrogen) atoms. The summed E-state index contributed by atoms with van der Waals surface area (Å²) in [6.45, 7) is 2.33. The van der Waals surface area contributed by atoms with Crippen LogP contribution in [0.4, 0.5) is 17.6 Å². The summed E-state index contributed by atoms with van der Waals surface area (Å²) in [5.74, 6) is -1.30. The summed E-state index contributed by atoms with van der Waals surface area (Å²) < 4.78 is 62.9. The lowest BCUT2D eigenvalue weighted by molar-refractivity contribution is -0.139. The van der Waals surface area contributed by atoms with E-state index >= 15 is 0 Å². The van der Waals surface area contributed by atoms with Gasteiger partial charge in [0.2, 0.25) is 0 Å². The van der Waals surface area contributed by atoms with Gasteiger partial charge in [-0.2, -0.15) is 13.2 Å². The zero-order valence-electron chi connectivity index (χ0n) is 14.1. The van der Waals surface area contributed by atoms with Crippen molar-refractivity contribution in [1.82, 2.24) is 0 Å². The van der Waals surface area contributed by atoms with Gasteiger partial charge >= 0.3 is 12.1 Å². The molecule has 0 bridgehead atoms. The van der Waals surface area contributed by atoms with Gasteiger partial charge in [-0.1, -0.05) is 6.07 Å². The Morgan fingerprint density at radius 2 is 1.63 bits per heavy atom. The van der Waals surface area contributed by atoms with Crippen LogP contribution in [0.5, 0.6) is 11.5 Å². The molecule has 140 valence electrons. The van der Waals surface area contributed by atoms with Gasteiger partial charge in [-0.25, -0.2) is 9.18 Å². The lowest BCUT2D eigenvalue weighted by Gasteiger charge is -2.11. The Morgan fingerprint density at radius 1 is 0.963 bits per heavy atom. The molecular weight excluding hydrogens is 364 g/mol. The molecule has 0 amide bonds. The maximum Gasteiger partial charge on any atom is 0.419 e. The first-order chi connectivity index (χ1) is 12.8. The highest BCUT2D eigenvalue weighted by molar-refractivity contribution is 5.92. The van der Waals surface area contributed by atoms with E-state index in [1.165, 1.54) is 24.3 Å². The molecule has 3 aromatic carbocycles. The van der Waals surface area contributed by atoms with Crippen molar-refractivity contribution in [3.05, 3.63) is 71.5 Å². The summed E-state index contributed by atoms with van der Waals surface area (Å²) in [5, 5.41) is -0.0109. The summed E-state index contributed by atoms with van der Waals surface area (Å²) in [5.41, 5.74) is -1.06. The number of rotatable bonds is 4. The molecule has 3 rings (SSSR count). The first kappa shape index (κ1) is 18.7. The molecule has 0 aliphatic rings. The molecule has 0 atom stereocenters. The van der Waals surface area contributed by atoms with Crippen LogP contribution in [0.3, 0.4) is 0 Å². The minimum atomic E-state index is -4.78. The van der Waals surface area contributed by atoms with Crippen LogP contribution in [-0.2, 0) is 6.18 Å². The van der Waals surface area contributed by atoms with E-state index < -0.39 is 23.5 Å². The lowest BCUT2D eigenvalue weighted by atomic mass is 10.1. The van der Waals surface area contributed by atoms with Gasteiger partial charge in [0, 0.05) is 5.39 Å². The number of esters is 1. The first-order valence-corrected chi connectivity index (χ1v) is 8.04. The molecule has 3 nitrogen and oxygen atoms in total. The quantitative estimate of drug-likeness (QED) is 0.336. The molecule has 7 heteroatoms. The molecule has 0 aromatic heterocycles. The van der Waals surface area contributed by atoms with E-state index in [2.05, 4.69) is 0 Å². The molecule has 0 heterocycles. The van der Waals surface area contributed by atoms with Crippen LogP contribution in [-0.4, -0.2) is 12.6 Å². The SMILES string of the molecule is CCOc1ccc(C(=O)Oc2ccc3c(F)c(C(F)(F)F)ccc3c2)cc1. The smallest absolute Gasteiger partial charge is 0.419 e. The van der Waals surface area contributed by atoms with Crippen molar-refractivity contribution in [2.45, 2.75) is 13.1 Å². The monoisotopic (exact) mass is 378 g/mol. The highest BCUT2D eigenvalue weighted by atomic mass is 19.4. The zero-order chi connectivity index (χ0) is 19.6. The van der Waals surface area contributed by atoms with Crippen LogP contribution in [0.25, 0.3) is 10.8 Å². The topological polar surface area (TPSA) is 35.5 Å². The number of alkyl halides is 3. The summed E-state index contributed by atoms with van der Waals surface area (Å²) >= 11 is 0. The van der Waals surface area contributed by atoms with Gasteiger partial charge in [0.15, 0.2) is 0 Å². The molecule has 0 saturated heterocycles. The highest BCUT2D eigenvalue weighted by Crippen LogP contribution is 2.35. The molecule has 0 radical (unpaired) electrons. The summed E-state index contributed by atoms with van der Waals surface area (Å²) in [7, 11) is 0. The number of carbonyl (C=O) groups excluding carboxylic acids is 1. The van der Waals surface area contributed by atoms with E-state index in [4.69, 9.17) is 9.47 Å². The molecule has 0 aliphatic heterocycles. The maximum absolute atomic E-state index is 14.1. The third-order valence-electron chi connectivity index (χ3n) is 3.84. The average molecular weight is 378 g/mol. The number of ether oxygens (including phenoxy) is 2. The third-order valence-corrected chi connectivity index (χ3v) is 3.84. The second-order valence-electron chi connectivity index (χ2n) is 5.65. The van der Waals surface area contributed by atoms with E-state index in [0.717, 1.165) is 12.1 Å². The standard InChI is InChI=1S/C20H14F4O3/c1-2-26-14-6-3-12(4-7-14)19(25)27-15-8-9-16-13(11-15)5-10-17(18(16)21)20(22,23)24/h3-11H,2H2,1H3. The molecule has 0 spiro atoms.